The van der Waals surface area contributed by atoms with Crippen molar-refractivity contribution in [3.05, 3.63) is 0 Å². The van der Waals surface area contributed by atoms with E-state index in [2.05, 4.69) is 6.07 Å². The number of rotatable bonds is 7. The van der Waals surface area contributed by atoms with Crippen molar-refractivity contribution in [2.75, 3.05) is 20.2 Å². The van der Waals surface area contributed by atoms with Crippen LogP contribution in [0.2, 0.25) is 0 Å². The third-order valence-electron chi connectivity index (χ3n) is 2.44. The highest BCUT2D eigenvalue weighted by Crippen LogP contribution is 2.09. The van der Waals surface area contributed by atoms with Crippen LogP contribution in [0.3, 0.4) is 0 Å². The predicted octanol–water partition coefficient (Wildman–Crippen LogP) is 1.81. The second kappa shape index (κ2) is 8.12. The Balaban J connectivity index is 4.40. The summed E-state index contributed by atoms with van der Waals surface area (Å²) in [6.45, 7) is 6.69. The van der Waals surface area contributed by atoms with Gasteiger partial charge in [-0.15, -0.1) is 0 Å². The highest BCUT2D eigenvalue weighted by molar-refractivity contribution is 5.75. The molecule has 4 nitrogen and oxygen atoms in total. The lowest BCUT2D eigenvalue weighted by Gasteiger charge is -2.26. The van der Waals surface area contributed by atoms with E-state index < -0.39 is 0 Å². The molecule has 2 unspecified atom stereocenters. The van der Waals surface area contributed by atoms with E-state index in [1.165, 1.54) is 0 Å². The zero-order valence-electron chi connectivity index (χ0n) is 10.7. The first-order valence-corrected chi connectivity index (χ1v) is 5.83. The molecule has 0 aliphatic carbocycles. The SMILES string of the molecule is CCCC(C(=O)OCC)N(C)CC(C)C#N. The van der Waals surface area contributed by atoms with Gasteiger partial charge in [0.2, 0.25) is 0 Å². The maximum atomic E-state index is 11.7. The molecular formula is C12H22N2O2. The number of hydrogen-bond donors (Lipinski definition) is 0. The van der Waals surface area contributed by atoms with Gasteiger partial charge in [0.25, 0.3) is 0 Å². The molecule has 0 spiro atoms. The molecule has 0 rings (SSSR count). The highest BCUT2D eigenvalue weighted by Gasteiger charge is 2.24. The topological polar surface area (TPSA) is 53.3 Å². The molecule has 0 radical (unpaired) electrons. The molecule has 0 aromatic heterocycles. The maximum absolute atomic E-state index is 11.7. The molecule has 0 aromatic carbocycles. The Morgan fingerprint density at radius 1 is 1.50 bits per heavy atom. The minimum atomic E-state index is -0.222. The van der Waals surface area contributed by atoms with Crippen molar-refractivity contribution in [1.29, 1.82) is 5.26 Å². The molecule has 0 bridgehead atoms. The fourth-order valence-electron chi connectivity index (χ4n) is 1.63. The van der Waals surface area contributed by atoms with Crippen LogP contribution >= 0.6 is 0 Å². The first kappa shape index (κ1) is 14.9. The Hall–Kier alpha value is -1.08. The largest absolute Gasteiger partial charge is 0.465 e. The van der Waals surface area contributed by atoms with Gasteiger partial charge in [-0.05, 0) is 27.3 Å². The van der Waals surface area contributed by atoms with Crippen LogP contribution in [0, 0.1) is 17.2 Å². The van der Waals surface area contributed by atoms with Crippen molar-refractivity contribution in [2.24, 2.45) is 5.92 Å². The Kier molecular flexibility index (Phi) is 7.57. The zero-order chi connectivity index (χ0) is 12.6. The summed E-state index contributed by atoms with van der Waals surface area (Å²) in [5.41, 5.74) is 0. The molecule has 0 aliphatic heterocycles. The molecule has 0 N–H and O–H groups in total. The average molecular weight is 226 g/mol. The summed E-state index contributed by atoms with van der Waals surface area (Å²) in [6, 6.07) is 1.95. The molecule has 0 aromatic rings. The molecule has 4 heteroatoms. The van der Waals surface area contributed by atoms with E-state index in [9.17, 15) is 4.79 Å². The molecule has 0 heterocycles. The molecular weight excluding hydrogens is 204 g/mol. The van der Waals surface area contributed by atoms with E-state index in [4.69, 9.17) is 10.00 Å². The molecule has 92 valence electrons. The smallest absolute Gasteiger partial charge is 0.323 e. The van der Waals surface area contributed by atoms with Crippen LogP contribution in [-0.2, 0) is 9.53 Å². The molecule has 2 atom stereocenters. The van der Waals surface area contributed by atoms with Gasteiger partial charge in [-0.25, -0.2) is 0 Å². The monoisotopic (exact) mass is 226 g/mol. The van der Waals surface area contributed by atoms with Gasteiger partial charge in [0.1, 0.15) is 6.04 Å². The summed E-state index contributed by atoms with van der Waals surface area (Å²) < 4.78 is 5.03. The number of nitrogens with zero attached hydrogens (tertiary/aromatic N) is 2. The number of esters is 1. The molecule has 0 fully saturated rings. The van der Waals surface area contributed by atoms with Gasteiger partial charge >= 0.3 is 5.97 Å². The van der Waals surface area contributed by atoms with E-state index in [0.29, 0.717) is 13.2 Å². The van der Waals surface area contributed by atoms with Crippen molar-refractivity contribution in [2.45, 2.75) is 39.7 Å². The van der Waals surface area contributed by atoms with Crippen LogP contribution in [-0.4, -0.2) is 37.1 Å². The lowest BCUT2D eigenvalue weighted by Crippen LogP contribution is -2.41. The van der Waals surface area contributed by atoms with Gasteiger partial charge in [-0.2, -0.15) is 5.26 Å². The summed E-state index contributed by atoms with van der Waals surface area (Å²) in [7, 11) is 1.87. The van der Waals surface area contributed by atoms with E-state index in [0.717, 1.165) is 12.8 Å². The van der Waals surface area contributed by atoms with E-state index in [1.54, 1.807) is 6.92 Å². The number of likely N-dealkylation sites (N-methyl/N-ethyl adjacent to an activating group) is 1. The molecule has 16 heavy (non-hydrogen) atoms. The number of ether oxygens (including phenoxy) is 1. The zero-order valence-corrected chi connectivity index (χ0v) is 10.7. The molecule has 0 amide bonds. The average Bonchev–Trinajstić information content (AvgIpc) is 2.25. The number of carbonyl (C=O) groups excluding carboxylic acids is 1. The van der Waals surface area contributed by atoms with Crippen molar-refractivity contribution in [3.63, 3.8) is 0 Å². The second-order valence-corrected chi connectivity index (χ2v) is 4.03. The van der Waals surface area contributed by atoms with Crippen molar-refractivity contribution in [3.8, 4) is 6.07 Å². The van der Waals surface area contributed by atoms with Crippen molar-refractivity contribution in [1.82, 2.24) is 4.90 Å². The summed E-state index contributed by atoms with van der Waals surface area (Å²) in [5, 5.41) is 8.74. The van der Waals surface area contributed by atoms with E-state index in [1.807, 2.05) is 25.8 Å². The third kappa shape index (κ3) is 5.13. The van der Waals surface area contributed by atoms with Gasteiger partial charge in [-0.3, -0.25) is 9.69 Å². The summed E-state index contributed by atoms with van der Waals surface area (Å²) in [4.78, 5) is 13.6. The summed E-state index contributed by atoms with van der Waals surface area (Å²) in [6.07, 6.45) is 1.70. The van der Waals surface area contributed by atoms with E-state index >= 15 is 0 Å². The van der Waals surface area contributed by atoms with Crippen molar-refractivity contribution >= 4 is 5.97 Å². The maximum Gasteiger partial charge on any atom is 0.323 e. The summed E-state index contributed by atoms with van der Waals surface area (Å²) >= 11 is 0. The van der Waals surface area contributed by atoms with Crippen LogP contribution in [0.5, 0.6) is 0 Å². The Morgan fingerprint density at radius 2 is 2.12 bits per heavy atom. The minimum Gasteiger partial charge on any atom is -0.465 e. The molecule has 0 saturated carbocycles. The lowest BCUT2D eigenvalue weighted by molar-refractivity contribution is -0.149. The number of hydrogen-bond acceptors (Lipinski definition) is 4. The van der Waals surface area contributed by atoms with Crippen LogP contribution in [0.1, 0.15) is 33.6 Å². The molecule has 0 saturated heterocycles. The van der Waals surface area contributed by atoms with Crippen molar-refractivity contribution < 1.29 is 9.53 Å². The van der Waals surface area contributed by atoms with E-state index in [-0.39, 0.29) is 17.9 Å². The minimum absolute atomic E-state index is 0.0706. The predicted molar refractivity (Wildman–Crippen MR) is 62.7 cm³/mol. The highest BCUT2D eigenvalue weighted by atomic mass is 16.5. The summed E-state index contributed by atoms with van der Waals surface area (Å²) in [5.74, 6) is -0.254. The standard InChI is InChI=1S/C12H22N2O2/c1-5-7-11(12(15)16-6-2)14(4)9-10(3)8-13/h10-11H,5-7,9H2,1-4H3. The van der Waals surface area contributed by atoms with Gasteiger partial charge in [-0.1, -0.05) is 13.3 Å². The lowest BCUT2D eigenvalue weighted by atomic mass is 10.1. The first-order chi connectivity index (χ1) is 7.56. The fourth-order valence-corrected chi connectivity index (χ4v) is 1.63. The molecule has 0 aliphatic rings. The van der Waals surface area contributed by atoms with Gasteiger partial charge in [0.05, 0.1) is 18.6 Å². The first-order valence-electron chi connectivity index (χ1n) is 5.83. The second-order valence-electron chi connectivity index (χ2n) is 4.03. The Morgan fingerprint density at radius 3 is 2.56 bits per heavy atom. The number of nitriles is 1. The number of carbonyl (C=O) groups is 1. The Bertz CT molecular complexity index is 248. The van der Waals surface area contributed by atoms with Crippen LogP contribution < -0.4 is 0 Å². The van der Waals surface area contributed by atoms with Crippen LogP contribution in [0.15, 0.2) is 0 Å². The van der Waals surface area contributed by atoms with Gasteiger partial charge in [0, 0.05) is 6.54 Å². The van der Waals surface area contributed by atoms with Gasteiger partial charge in [0.15, 0.2) is 0 Å². The van der Waals surface area contributed by atoms with Gasteiger partial charge < -0.3 is 4.74 Å². The normalized spacial score (nSPS) is 14.2. The Labute approximate surface area is 98.2 Å². The van der Waals surface area contributed by atoms with Crippen LogP contribution in [0.25, 0.3) is 0 Å². The third-order valence-corrected chi connectivity index (χ3v) is 2.44. The fraction of sp³-hybridized carbons (Fsp3) is 0.833. The quantitative estimate of drug-likeness (QED) is 0.621. The van der Waals surface area contributed by atoms with Crippen LogP contribution in [0.4, 0.5) is 0 Å².